The predicted molar refractivity (Wildman–Crippen MR) is 215 cm³/mol. The van der Waals surface area contributed by atoms with E-state index in [1.807, 2.05) is 0 Å². The molecule has 9 rings (SSSR count). The number of benzene rings is 6. The number of pyridine rings is 3. The van der Waals surface area contributed by atoms with Crippen LogP contribution in [0.2, 0.25) is 0 Å². The van der Waals surface area contributed by atoms with Crippen LogP contribution >= 0.6 is 0 Å². The minimum Gasteiger partial charge on any atom is -0.907 e. The zero-order chi connectivity index (χ0) is 38.1. The lowest BCUT2D eigenvalue weighted by Crippen LogP contribution is -2.56. The minimum atomic E-state index is -2.92. The summed E-state index contributed by atoms with van der Waals surface area (Å²) in [5, 5.41) is 29.1. The van der Waals surface area contributed by atoms with Crippen molar-refractivity contribution in [1.29, 1.82) is 0 Å². The lowest BCUT2D eigenvalue weighted by Gasteiger charge is -2.35. The Morgan fingerprint density at radius 2 is 0.509 bits per heavy atom. The average molecular weight is 720 g/mol. The molecule has 6 aromatic carbocycles. The first-order chi connectivity index (χ1) is 27.0. The molecule has 6 nitrogen and oxygen atoms in total. The molecule has 0 bridgehead atoms. The average Bonchev–Trinajstić information content (AvgIpc) is 3.23. The summed E-state index contributed by atoms with van der Waals surface area (Å²) in [6.45, 7) is 2.76. The van der Waals surface area contributed by atoms with Gasteiger partial charge in [0.05, 0.1) is 0 Å². The summed E-state index contributed by atoms with van der Waals surface area (Å²) in [6.07, 6.45) is 6.40. The van der Waals surface area contributed by atoms with E-state index in [-0.39, 0.29) is 0 Å². The highest BCUT2D eigenvalue weighted by molar-refractivity contribution is 6.24. The molecule has 270 valence electrons. The SMILES string of the molecule is [O-]B([O-])[O-].c1ccc(C[n+]2cccc3ccccc32)cc1.c1ccc(C[n+]2cccc3ccccc32)cc1.c1ccc(C[n+]2cccc3ccccc32)cc1. The van der Waals surface area contributed by atoms with Crippen LogP contribution < -0.4 is 28.8 Å². The van der Waals surface area contributed by atoms with E-state index in [4.69, 9.17) is 15.1 Å². The highest BCUT2D eigenvalue weighted by Gasteiger charge is 2.10. The molecule has 3 heterocycles. The number of rotatable bonds is 6. The van der Waals surface area contributed by atoms with E-state index in [2.05, 4.69) is 232 Å². The first-order valence-corrected chi connectivity index (χ1v) is 18.2. The summed E-state index contributed by atoms with van der Waals surface area (Å²) in [6, 6.07) is 69.8. The van der Waals surface area contributed by atoms with E-state index in [0.29, 0.717) is 0 Å². The number of fused-ring (bicyclic) bond motifs is 3. The maximum Gasteiger partial charge on any atom is 0.212 e. The molecule has 0 unspecified atom stereocenters. The second kappa shape index (κ2) is 20.1. The summed E-state index contributed by atoms with van der Waals surface area (Å²) in [7, 11) is -2.92. The molecule has 3 aromatic heterocycles. The number of nitrogens with zero attached hydrogens (tertiary/aromatic N) is 3. The maximum absolute atomic E-state index is 8.42. The summed E-state index contributed by atoms with van der Waals surface area (Å²) in [5.74, 6) is 0. The first kappa shape index (κ1) is 38.2. The molecule has 0 saturated carbocycles. The third-order valence-electron chi connectivity index (χ3n) is 8.95. The third kappa shape index (κ3) is 11.5. The van der Waals surface area contributed by atoms with E-state index < -0.39 is 7.32 Å². The highest BCUT2D eigenvalue weighted by atomic mass is 16.5. The topological polar surface area (TPSA) is 80.8 Å². The number of para-hydroxylation sites is 3. The number of hydrogen-bond donors (Lipinski definition) is 0. The lowest BCUT2D eigenvalue weighted by atomic mass is 10.2. The zero-order valence-corrected chi connectivity index (χ0v) is 30.5. The summed E-state index contributed by atoms with van der Waals surface area (Å²) < 4.78 is 6.85. The molecule has 0 saturated heterocycles. The Kier molecular flexibility index (Phi) is 14.0. The van der Waals surface area contributed by atoms with Crippen molar-refractivity contribution in [3.8, 4) is 0 Å². The van der Waals surface area contributed by atoms with Gasteiger partial charge in [0.2, 0.25) is 16.6 Å². The summed E-state index contributed by atoms with van der Waals surface area (Å²) >= 11 is 0. The van der Waals surface area contributed by atoms with Crippen molar-refractivity contribution >= 4 is 40.0 Å². The number of hydrogen-bond acceptors (Lipinski definition) is 3. The van der Waals surface area contributed by atoms with Gasteiger partial charge in [0, 0.05) is 69.2 Å². The summed E-state index contributed by atoms with van der Waals surface area (Å²) in [4.78, 5) is 0. The third-order valence-corrected chi connectivity index (χ3v) is 8.95. The first-order valence-electron chi connectivity index (χ1n) is 18.2. The maximum atomic E-state index is 8.42. The van der Waals surface area contributed by atoms with Crippen molar-refractivity contribution in [2.24, 2.45) is 0 Å². The molecule has 0 aliphatic rings. The quantitative estimate of drug-likeness (QED) is 0.166. The van der Waals surface area contributed by atoms with Crippen molar-refractivity contribution in [1.82, 2.24) is 0 Å². The van der Waals surface area contributed by atoms with E-state index in [1.54, 1.807) is 0 Å². The molecule has 0 spiro atoms. The smallest absolute Gasteiger partial charge is 0.212 e. The van der Waals surface area contributed by atoms with Gasteiger partial charge in [0.15, 0.2) is 38.2 Å². The van der Waals surface area contributed by atoms with E-state index in [9.17, 15) is 0 Å². The predicted octanol–water partition coefficient (Wildman–Crippen LogP) is 5.58. The van der Waals surface area contributed by atoms with Crippen LogP contribution in [0, 0.1) is 0 Å². The standard InChI is InChI=1S/3C16H14N.BO3/c3*1-2-7-14(8-3-1)13-17-12-6-10-15-9-4-5-11-16(15)17;2-1(3)4/h3*1-12H,13H2;/q3*+1;-3. The largest absolute Gasteiger partial charge is 0.907 e. The van der Waals surface area contributed by atoms with Crippen LogP contribution in [-0.4, -0.2) is 7.32 Å². The molecule has 0 aliphatic heterocycles. The number of aromatic nitrogens is 3. The van der Waals surface area contributed by atoms with Gasteiger partial charge in [0.25, 0.3) is 0 Å². The van der Waals surface area contributed by atoms with E-state index in [0.717, 1.165) is 19.6 Å². The van der Waals surface area contributed by atoms with Crippen molar-refractivity contribution in [2.75, 3.05) is 0 Å². The molecule has 0 aliphatic carbocycles. The van der Waals surface area contributed by atoms with Crippen LogP contribution in [0.1, 0.15) is 16.7 Å². The van der Waals surface area contributed by atoms with Gasteiger partial charge in [-0.2, -0.15) is 13.7 Å². The Balaban J connectivity index is 0.000000134. The Morgan fingerprint density at radius 3 is 0.782 bits per heavy atom. The van der Waals surface area contributed by atoms with Gasteiger partial charge in [-0.3, -0.25) is 7.32 Å². The van der Waals surface area contributed by atoms with Crippen molar-refractivity contribution in [3.05, 3.63) is 235 Å². The summed E-state index contributed by atoms with van der Waals surface area (Å²) in [5.41, 5.74) is 7.81. The molecule has 0 fully saturated rings. The van der Waals surface area contributed by atoms with Crippen LogP contribution in [0.25, 0.3) is 32.7 Å². The molecule has 0 N–H and O–H groups in total. The fourth-order valence-corrected chi connectivity index (χ4v) is 6.42. The van der Waals surface area contributed by atoms with E-state index >= 15 is 0 Å². The van der Waals surface area contributed by atoms with Crippen LogP contribution in [0.15, 0.2) is 219 Å². The zero-order valence-electron chi connectivity index (χ0n) is 30.5. The van der Waals surface area contributed by atoms with Crippen LogP contribution in [0.5, 0.6) is 0 Å². The fourth-order valence-electron chi connectivity index (χ4n) is 6.42. The minimum absolute atomic E-state index is 0.919. The highest BCUT2D eigenvalue weighted by Crippen LogP contribution is 2.11. The Hall–Kier alpha value is -6.51. The second-order valence-corrected chi connectivity index (χ2v) is 12.8. The molecule has 9 aromatic rings. The van der Waals surface area contributed by atoms with Crippen molar-refractivity contribution in [3.63, 3.8) is 0 Å². The lowest BCUT2D eigenvalue weighted by molar-refractivity contribution is -0.662. The van der Waals surface area contributed by atoms with Gasteiger partial charge >= 0.3 is 0 Å². The monoisotopic (exact) mass is 719 g/mol. The molecule has 0 amide bonds. The van der Waals surface area contributed by atoms with Crippen LogP contribution in [0.3, 0.4) is 0 Å². The van der Waals surface area contributed by atoms with Gasteiger partial charge in [-0.05, 0) is 36.4 Å². The van der Waals surface area contributed by atoms with Crippen molar-refractivity contribution in [2.45, 2.75) is 19.6 Å². The molecular weight excluding hydrogens is 677 g/mol. The molecule has 0 atom stereocenters. The molecular formula is C48H42BN3O3. The fraction of sp³-hybridized carbons (Fsp3) is 0.0625. The van der Waals surface area contributed by atoms with Gasteiger partial charge < -0.3 is 15.1 Å². The van der Waals surface area contributed by atoms with Gasteiger partial charge in [-0.25, -0.2) is 0 Å². The van der Waals surface area contributed by atoms with E-state index in [1.165, 1.54) is 49.4 Å². The van der Waals surface area contributed by atoms with Crippen LogP contribution in [-0.2, 0) is 19.6 Å². The Morgan fingerprint density at radius 1 is 0.291 bits per heavy atom. The van der Waals surface area contributed by atoms with Crippen LogP contribution in [0.4, 0.5) is 0 Å². The Bertz CT molecular complexity index is 2220. The molecule has 7 heteroatoms. The van der Waals surface area contributed by atoms with Gasteiger partial charge in [-0.15, -0.1) is 0 Å². The normalized spacial score (nSPS) is 10.3. The van der Waals surface area contributed by atoms with Gasteiger partial charge in [0.1, 0.15) is 0 Å². The van der Waals surface area contributed by atoms with Gasteiger partial charge in [-0.1, -0.05) is 127 Å². The molecule has 0 radical (unpaired) electrons. The van der Waals surface area contributed by atoms with Crippen molar-refractivity contribution < 1.29 is 28.8 Å². The Labute approximate surface area is 322 Å². The molecule has 55 heavy (non-hydrogen) atoms. The second-order valence-electron chi connectivity index (χ2n) is 12.8.